The van der Waals surface area contributed by atoms with E-state index in [1.165, 1.54) is 19.6 Å². The molecule has 2 heterocycles. The molecule has 0 amide bonds. The number of carbonyl (C=O) groups excluding carboxylic acids is 2. The molecule has 2 saturated carbocycles. The molecule has 7 heteroatoms. The van der Waals surface area contributed by atoms with Gasteiger partial charge in [-0.1, -0.05) is 6.92 Å². The van der Waals surface area contributed by atoms with Crippen molar-refractivity contribution in [2.75, 3.05) is 13.7 Å². The molecule has 1 aromatic heterocycles. The van der Waals surface area contributed by atoms with Gasteiger partial charge in [-0.15, -0.1) is 0 Å². The number of carbonyl (C=O) groups is 2. The number of esters is 2. The maximum Gasteiger partial charge on any atom is 0.318 e. The number of ether oxygens (including phenoxy) is 3. The van der Waals surface area contributed by atoms with Crippen LogP contribution in [0.4, 0.5) is 0 Å². The van der Waals surface area contributed by atoms with Crippen LogP contribution in [0.3, 0.4) is 0 Å². The lowest BCUT2D eigenvalue weighted by atomic mass is 9.40. The van der Waals surface area contributed by atoms with Gasteiger partial charge >= 0.3 is 11.9 Å². The lowest BCUT2D eigenvalue weighted by molar-refractivity contribution is -0.335. The smallest absolute Gasteiger partial charge is 0.318 e. The number of hydrogen-bond donors (Lipinski definition) is 1. The van der Waals surface area contributed by atoms with Gasteiger partial charge in [0.15, 0.2) is 6.29 Å². The maximum absolute atomic E-state index is 13.2. The fourth-order valence-corrected chi connectivity index (χ4v) is 7.67. The van der Waals surface area contributed by atoms with Crippen LogP contribution in [-0.2, 0) is 30.2 Å². The minimum absolute atomic E-state index is 0.00411. The van der Waals surface area contributed by atoms with Crippen LogP contribution in [-0.4, -0.2) is 43.2 Å². The minimum Gasteiger partial charge on any atom is -0.469 e. The van der Waals surface area contributed by atoms with Crippen molar-refractivity contribution in [3.63, 3.8) is 0 Å². The molecule has 2 bridgehead atoms. The first kappa shape index (κ1) is 20.1. The van der Waals surface area contributed by atoms with E-state index in [0.29, 0.717) is 24.7 Å². The third-order valence-electron chi connectivity index (χ3n) is 8.81. The summed E-state index contributed by atoms with van der Waals surface area (Å²) in [5.41, 5.74) is -0.425. The molecule has 1 aromatic rings. The summed E-state index contributed by atoms with van der Waals surface area (Å²) in [5.74, 6) is 0.802. The number of methoxy groups -OCH3 is 1. The number of furan rings is 1. The molecule has 0 spiro atoms. The van der Waals surface area contributed by atoms with Gasteiger partial charge in [-0.2, -0.15) is 0 Å². The lowest BCUT2D eigenvalue weighted by Crippen LogP contribution is -2.72. The second-order valence-electron chi connectivity index (χ2n) is 9.64. The Morgan fingerprint density at radius 2 is 2.07 bits per heavy atom. The molecule has 30 heavy (non-hydrogen) atoms. The first-order chi connectivity index (χ1) is 14.4. The monoisotopic (exact) mass is 418 g/mol. The van der Waals surface area contributed by atoms with Crippen LogP contribution >= 0.6 is 0 Å². The fraction of sp³-hybridized carbons (Fsp3) is 0.739. The molecule has 1 aliphatic heterocycles. The summed E-state index contributed by atoms with van der Waals surface area (Å²) in [6.45, 7) is 3.60. The zero-order chi connectivity index (χ0) is 21.3. The molecule has 3 aliphatic carbocycles. The highest BCUT2D eigenvalue weighted by Gasteiger charge is 2.73. The zero-order valence-corrected chi connectivity index (χ0v) is 17.8. The molecular formula is C23H30O7. The van der Waals surface area contributed by atoms with Gasteiger partial charge < -0.3 is 23.7 Å². The van der Waals surface area contributed by atoms with Gasteiger partial charge in [0.2, 0.25) is 0 Å². The van der Waals surface area contributed by atoms with Gasteiger partial charge in [0.1, 0.15) is 17.3 Å². The number of fused-ring (bicyclic) bond motifs is 2. The second kappa shape index (κ2) is 6.82. The van der Waals surface area contributed by atoms with Gasteiger partial charge in [-0.3, -0.25) is 9.59 Å². The SMILES string of the molecule is COC(=O)[C@]12CO[C@@H](O)[C@@]3(CC[C@@H]1OC(C)=O)[C@@H]2CC[C@@H]1[C@H](C)c2ccoc2C[C@@H]13. The van der Waals surface area contributed by atoms with Crippen LogP contribution < -0.4 is 0 Å². The number of aliphatic hydroxyl groups excluding tert-OH is 1. The van der Waals surface area contributed by atoms with Gasteiger partial charge in [-0.25, -0.2) is 0 Å². The predicted molar refractivity (Wildman–Crippen MR) is 104 cm³/mol. The van der Waals surface area contributed by atoms with Crippen molar-refractivity contribution in [1.29, 1.82) is 0 Å². The van der Waals surface area contributed by atoms with E-state index in [9.17, 15) is 14.7 Å². The first-order valence-corrected chi connectivity index (χ1v) is 11.0. The Kier molecular flexibility index (Phi) is 4.56. The van der Waals surface area contributed by atoms with Crippen LogP contribution in [0.25, 0.3) is 0 Å². The molecular weight excluding hydrogens is 388 g/mol. The summed E-state index contributed by atoms with van der Waals surface area (Å²) in [7, 11) is 1.37. The topological polar surface area (TPSA) is 95.2 Å². The van der Waals surface area contributed by atoms with Crippen LogP contribution in [0.15, 0.2) is 16.7 Å². The van der Waals surface area contributed by atoms with Crippen molar-refractivity contribution < 1.29 is 33.3 Å². The Balaban J connectivity index is 1.63. The van der Waals surface area contributed by atoms with Gasteiger partial charge in [0, 0.05) is 18.8 Å². The van der Waals surface area contributed by atoms with Crippen LogP contribution in [0, 0.1) is 28.6 Å². The maximum atomic E-state index is 13.2. The Morgan fingerprint density at radius 3 is 2.80 bits per heavy atom. The zero-order valence-electron chi connectivity index (χ0n) is 17.8. The summed E-state index contributed by atoms with van der Waals surface area (Å²) in [5, 5.41) is 11.3. The number of aliphatic hydroxyl groups is 1. The van der Waals surface area contributed by atoms with Crippen molar-refractivity contribution in [3.05, 3.63) is 23.7 Å². The van der Waals surface area contributed by atoms with E-state index >= 15 is 0 Å². The molecule has 0 radical (unpaired) electrons. The molecule has 1 saturated heterocycles. The molecule has 1 N–H and O–H groups in total. The highest BCUT2D eigenvalue weighted by Crippen LogP contribution is 2.69. The largest absolute Gasteiger partial charge is 0.469 e. The van der Waals surface area contributed by atoms with Crippen molar-refractivity contribution in [1.82, 2.24) is 0 Å². The molecule has 5 rings (SSSR count). The van der Waals surface area contributed by atoms with E-state index in [1.54, 1.807) is 6.26 Å². The third-order valence-corrected chi connectivity index (χ3v) is 8.81. The normalized spacial score (nSPS) is 44.3. The molecule has 164 valence electrons. The average Bonchev–Trinajstić information content (AvgIpc) is 3.20. The molecule has 3 fully saturated rings. The standard InChI is InChI=1S/C23H30O7/c1-12-14-4-5-18-22(16(14)10-17-15(12)7-9-28-17)8-6-19(30-13(2)24)23(18,20(25)27-3)11-29-21(22)26/h7,9,12,14,16,18-19,21,26H,4-6,8,10-11H2,1-3H3/t12-,14+,16-,18-,19-,21+,22+,23-/m0/s1. The van der Waals surface area contributed by atoms with Crippen molar-refractivity contribution in [2.24, 2.45) is 28.6 Å². The molecule has 7 nitrogen and oxygen atoms in total. The van der Waals surface area contributed by atoms with Gasteiger partial charge in [0.05, 0.1) is 20.0 Å². The summed E-state index contributed by atoms with van der Waals surface area (Å²) in [6.07, 6.45) is 3.77. The Morgan fingerprint density at radius 1 is 1.27 bits per heavy atom. The lowest BCUT2D eigenvalue weighted by Gasteiger charge is -2.67. The number of hydrogen-bond acceptors (Lipinski definition) is 7. The van der Waals surface area contributed by atoms with Crippen LogP contribution in [0.1, 0.15) is 56.8 Å². The Bertz CT molecular complexity index is 861. The van der Waals surface area contributed by atoms with Crippen molar-refractivity contribution >= 4 is 11.9 Å². The minimum atomic E-state index is -1.09. The molecule has 4 aliphatic rings. The summed E-state index contributed by atoms with van der Waals surface area (Å²) >= 11 is 0. The summed E-state index contributed by atoms with van der Waals surface area (Å²) < 4.78 is 22.7. The first-order valence-electron chi connectivity index (χ1n) is 11.0. The summed E-state index contributed by atoms with van der Waals surface area (Å²) in [6, 6.07) is 2.06. The van der Waals surface area contributed by atoms with Gasteiger partial charge in [0.25, 0.3) is 0 Å². The van der Waals surface area contributed by atoms with E-state index in [-0.39, 0.29) is 18.4 Å². The van der Waals surface area contributed by atoms with E-state index in [1.807, 2.05) is 0 Å². The fourth-order valence-electron chi connectivity index (χ4n) is 7.67. The predicted octanol–water partition coefficient (Wildman–Crippen LogP) is 2.80. The summed E-state index contributed by atoms with van der Waals surface area (Å²) in [4.78, 5) is 25.1. The Labute approximate surface area is 176 Å². The second-order valence-corrected chi connectivity index (χ2v) is 9.64. The average molecular weight is 418 g/mol. The van der Waals surface area contributed by atoms with E-state index in [2.05, 4.69) is 13.0 Å². The van der Waals surface area contributed by atoms with E-state index in [4.69, 9.17) is 18.6 Å². The van der Waals surface area contributed by atoms with Crippen molar-refractivity contribution in [3.8, 4) is 0 Å². The van der Waals surface area contributed by atoms with Crippen molar-refractivity contribution in [2.45, 2.75) is 64.3 Å². The highest BCUT2D eigenvalue weighted by atomic mass is 16.6. The van der Waals surface area contributed by atoms with Gasteiger partial charge in [-0.05, 0) is 61.0 Å². The van der Waals surface area contributed by atoms with E-state index in [0.717, 1.165) is 25.0 Å². The molecule has 0 unspecified atom stereocenters. The van der Waals surface area contributed by atoms with Crippen LogP contribution in [0.5, 0.6) is 0 Å². The highest BCUT2D eigenvalue weighted by molar-refractivity contribution is 5.80. The molecule has 0 aromatic carbocycles. The van der Waals surface area contributed by atoms with E-state index < -0.39 is 35.2 Å². The number of rotatable bonds is 2. The van der Waals surface area contributed by atoms with Crippen LogP contribution in [0.2, 0.25) is 0 Å². The third kappa shape index (κ3) is 2.39. The Hall–Kier alpha value is -1.86. The molecule has 8 atom stereocenters. The quantitative estimate of drug-likeness (QED) is 0.738.